The number of nitrogens with two attached hydrogens (primary N) is 1. The Bertz CT molecular complexity index is 572. The predicted molar refractivity (Wildman–Crippen MR) is 61.1 cm³/mol. The van der Waals surface area contributed by atoms with E-state index < -0.39 is 25.1 Å². The van der Waals surface area contributed by atoms with Gasteiger partial charge in [0, 0.05) is 6.26 Å². The molecule has 1 aromatic carbocycles. The molecule has 1 unspecified atom stereocenters. The minimum atomic E-state index is -3.65. The van der Waals surface area contributed by atoms with Gasteiger partial charge in [-0.2, -0.15) is 0 Å². The molecular formula is C9H13NO4S2. The lowest BCUT2D eigenvalue weighted by Gasteiger charge is -2.09. The molecule has 0 aromatic heterocycles. The lowest BCUT2D eigenvalue weighted by atomic mass is 10.2. The monoisotopic (exact) mass is 263 g/mol. The van der Waals surface area contributed by atoms with Crippen LogP contribution >= 0.6 is 0 Å². The van der Waals surface area contributed by atoms with Crippen LogP contribution in [0, 0.1) is 0 Å². The molecule has 7 heteroatoms. The summed E-state index contributed by atoms with van der Waals surface area (Å²) in [5, 5.41) is 4.14. The second-order valence-electron chi connectivity index (χ2n) is 3.57. The van der Waals surface area contributed by atoms with E-state index >= 15 is 0 Å². The molecule has 90 valence electrons. The van der Waals surface area contributed by atoms with E-state index in [-0.39, 0.29) is 4.90 Å². The van der Waals surface area contributed by atoms with Gasteiger partial charge in [0.05, 0.1) is 10.1 Å². The van der Waals surface area contributed by atoms with Crippen molar-refractivity contribution >= 4 is 19.9 Å². The predicted octanol–water partition coefficient (Wildman–Crippen LogP) is 0.440. The Hall–Kier alpha value is -0.920. The van der Waals surface area contributed by atoms with E-state index in [1.54, 1.807) is 0 Å². The number of sulfone groups is 1. The Morgan fingerprint density at radius 1 is 1.06 bits per heavy atom. The highest BCUT2D eigenvalue weighted by Gasteiger charge is 2.18. The van der Waals surface area contributed by atoms with Gasteiger partial charge in [0.25, 0.3) is 0 Å². The van der Waals surface area contributed by atoms with Crippen LogP contribution in [0.4, 0.5) is 0 Å². The molecule has 0 aliphatic heterocycles. The van der Waals surface area contributed by atoms with Gasteiger partial charge in [-0.25, -0.2) is 22.0 Å². The quantitative estimate of drug-likeness (QED) is 0.856. The van der Waals surface area contributed by atoms with Crippen molar-refractivity contribution in [2.24, 2.45) is 5.14 Å². The standard InChI is InChI=1S/C9H13NO4S2/c1-7(16(10,13)14)8-3-5-9(6-4-8)15(2,11)12/h3-7H,1-2H3,(H2,10,13,14). The number of hydrogen-bond donors (Lipinski definition) is 1. The molecule has 0 bridgehead atoms. The third kappa shape index (κ3) is 3.03. The largest absolute Gasteiger partial charge is 0.228 e. The van der Waals surface area contributed by atoms with Gasteiger partial charge < -0.3 is 0 Å². The summed E-state index contributed by atoms with van der Waals surface area (Å²) in [6, 6.07) is 5.63. The lowest BCUT2D eigenvalue weighted by molar-refractivity contribution is 0.588. The van der Waals surface area contributed by atoms with E-state index in [1.807, 2.05) is 0 Å². The number of benzene rings is 1. The van der Waals surface area contributed by atoms with Crippen molar-refractivity contribution in [1.29, 1.82) is 0 Å². The van der Waals surface area contributed by atoms with Crippen LogP contribution in [0.25, 0.3) is 0 Å². The lowest BCUT2D eigenvalue weighted by Crippen LogP contribution is -2.19. The molecule has 0 spiro atoms. The van der Waals surface area contributed by atoms with Crippen LogP contribution in [0.2, 0.25) is 0 Å². The van der Waals surface area contributed by atoms with Crippen molar-refractivity contribution in [2.45, 2.75) is 17.1 Å². The van der Waals surface area contributed by atoms with Crippen LogP contribution in [0.3, 0.4) is 0 Å². The first kappa shape index (κ1) is 13.1. The topological polar surface area (TPSA) is 94.3 Å². The molecular weight excluding hydrogens is 250 g/mol. The van der Waals surface area contributed by atoms with E-state index in [0.717, 1.165) is 6.26 Å². The number of sulfonamides is 1. The average Bonchev–Trinajstić information content (AvgIpc) is 2.14. The molecule has 5 nitrogen and oxygen atoms in total. The van der Waals surface area contributed by atoms with E-state index in [4.69, 9.17) is 5.14 Å². The van der Waals surface area contributed by atoms with Crippen LogP contribution < -0.4 is 5.14 Å². The van der Waals surface area contributed by atoms with Crippen LogP contribution in [-0.4, -0.2) is 23.1 Å². The molecule has 0 amide bonds. The van der Waals surface area contributed by atoms with Gasteiger partial charge in [-0.1, -0.05) is 12.1 Å². The maximum atomic E-state index is 11.2. The number of rotatable bonds is 3. The van der Waals surface area contributed by atoms with Crippen molar-refractivity contribution in [3.8, 4) is 0 Å². The molecule has 0 saturated carbocycles. The van der Waals surface area contributed by atoms with Crippen LogP contribution in [0.5, 0.6) is 0 Å². The first-order valence-corrected chi connectivity index (χ1v) is 7.94. The maximum Gasteiger partial charge on any atom is 0.215 e. The van der Waals surface area contributed by atoms with Crippen molar-refractivity contribution in [3.05, 3.63) is 29.8 Å². The first-order chi connectivity index (χ1) is 7.12. The Balaban J connectivity index is 3.15. The Labute approximate surface area is 95.3 Å². The summed E-state index contributed by atoms with van der Waals surface area (Å²) in [7, 11) is -6.92. The fourth-order valence-electron chi connectivity index (χ4n) is 1.18. The molecule has 1 rings (SSSR count). The van der Waals surface area contributed by atoms with Gasteiger partial charge in [-0.3, -0.25) is 0 Å². The van der Waals surface area contributed by atoms with Crippen LogP contribution in [0.15, 0.2) is 29.2 Å². The van der Waals surface area contributed by atoms with Crippen LogP contribution in [-0.2, 0) is 19.9 Å². The summed E-state index contributed by atoms with van der Waals surface area (Å²) < 4.78 is 44.5. The van der Waals surface area contributed by atoms with Gasteiger partial charge in [-0.15, -0.1) is 0 Å². The van der Waals surface area contributed by atoms with Crippen molar-refractivity contribution < 1.29 is 16.8 Å². The molecule has 1 atom stereocenters. The van der Waals surface area contributed by atoms with Crippen molar-refractivity contribution in [2.75, 3.05) is 6.26 Å². The summed E-state index contributed by atoms with van der Waals surface area (Å²) in [4.78, 5) is 0.151. The molecule has 1 aromatic rings. The zero-order valence-electron chi connectivity index (χ0n) is 8.91. The van der Waals surface area contributed by atoms with E-state index in [0.29, 0.717) is 5.56 Å². The highest BCUT2D eigenvalue weighted by atomic mass is 32.2. The van der Waals surface area contributed by atoms with E-state index in [9.17, 15) is 16.8 Å². The minimum absolute atomic E-state index is 0.151. The maximum absolute atomic E-state index is 11.2. The van der Waals surface area contributed by atoms with Crippen molar-refractivity contribution in [3.63, 3.8) is 0 Å². The van der Waals surface area contributed by atoms with Gasteiger partial charge in [0.1, 0.15) is 0 Å². The zero-order chi connectivity index (χ0) is 12.6. The molecule has 0 heterocycles. The molecule has 0 aliphatic rings. The molecule has 16 heavy (non-hydrogen) atoms. The second-order valence-corrected chi connectivity index (χ2v) is 7.47. The molecule has 0 radical (unpaired) electrons. The smallest absolute Gasteiger partial charge is 0.215 e. The van der Waals surface area contributed by atoms with Crippen molar-refractivity contribution in [1.82, 2.24) is 0 Å². The van der Waals surface area contributed by atoms with Gasteiger partial charge >= 0.3 is 0 Å². The molecule has 2 N–H and O–H groups in total. The first-order valence-electron chi connectivity index (χ1n) is 4.44. The minimum Gasteiger partial charge on any atom is -0.228 e. The van der Waals surface area contributed by atoms with Gasteiger partial charge in [0.15, 0.2) is 9.84 Å². The third-order valence-corrected chi connectivity index (χ3v) is 4.66. The Morgan fingerprint density at radius 2 is 1.50 bits per heavy atom. The fourth-order valence-corrected chi connectivity index (χ4v) is 2.34. The Morgan fingerprint density at radius 3 is 1.81 bits per heavy atom. The third-order valence-electron chi connectivity index (χ3n) is 2.27. The SMILES string of the molecule is CC(c1ccc(S(C)(=O)=O)cc1)S(N)(=O)=O. The second kappa shape index (κ2) is 4.15. The number of primary sulfonamides is 1. The molecule has 0 saturated heterocycles. The summed E-state index contributed by atoms with van der Waals surface area (Å²) in [5.41, 5.74) is 0.468. The van der Waals surface area contributed by atoms with E-state index in [1.165, 1.54) is 31.2 Å². The van der Waals surface area contributed by atoms with Gasteiger partial charge in [-0.05, 0) is 24.6 Å². The molecule has 0 fully saturated rings. The molecule has 0 aliphatic carbocycles. The zero-order valence-corrected chi connectivity index (χ0v) is 10.5. The van der Waals surface area contributed by atoms with Crippen LogP contribution in [0.1, 0.15) is 17.7 Å². The number of hydrogen-bond acceptors (Lipinski definition) is 4. The van der Waals surface area contributed by atoms with Gasteiger partial charge in [0.2, 0.25) is 10.0 Å². The summed E-state index contributed by atoms with van der Waals surface area (Å²) >= 11 is 0. The highest BCUT2D eigenvalue weighted by Crippen LogP contribution is 2.20. The summed E-state index contributed by atoms with van der Waals surface area (Å²) in [5.74, 6) is 0. The fraction of sp³-hybridized carbons (Fsp3) is 0.333. The summed E-state index contributed by atoms with van der Waals surface area (Å²) in [6.45, 7) is 1.45. The normalized spacial score (nSPS) is 14.7. The summed E-state index contributed by atoms with van der Waals surface area (Å²) in [6.07, 6.45) is 1.09. The van der Waals surface area contributed by atoms with E-state index in [2.05, 4.69) is 0 Å². The Kier molecular flexibility index (Phi) is 3.41. The average molecular weight is 263 g/mol. The highest BCUT2D eigenvalue weighted by molar-refractivity contribution is 7.90.